The maximum Gasteiger partial charge on any atom is 0.410 e. The van der Waals surface area contributed by atoms with E-state index in [1.165, 1.54) is 0 Å². The van der Waals surface area contributed by atoms with Gasteiger partial charge in [0.25, 0.3) is 5.91 Å². The zero-order valence-corrected chi connectivity index (χ0v) is 19.4. The molecule has 0 radical (unpaired) electrons. The van der Waals surface area contributed by atoms with Crippen LogP contribution < -0.4 is 5.32 Å². The van der Waals surface area contributed by atoms with Crippen LogP contribution in [0.4, 0.5) is 4.79 Å². The molecule has 2 heterocycles. The molecule has 1 fully saturated rings. The van der Waals surface area contributed by atoms with Gasteiger partial charge < -0.3 is 15.0 Å². The number of hydrogen-bond donors (Lipinski definition) is 1. The second-order valence-electron chi connectivity index (χ2n) is 8.83. The van der Waals surface area contributed by atoms with Gasteiger partial charge in [0.05, 0.1) is 23.1 Å². The number of ether oxygens (including phenoxy) is 1. The maximum atomic E-state index is 12.8. The molecule has 1 N–H and O–H groups in total. The van der Waals surface area contributed by atoms with E-state index in [-0.39, 0.29) is 17.9 Å². The predicted molar refractivity (Wildman–Crippen MR) is 121 cm³/mol. The lowest BCUT2D eigenvalue weighted by Crippen LogP contribution is -2.41. The molecule has 31 heavy (non-hydrogen) atoms. The number of halogens is 1. The van der Waals surface area contributed by atoms with Gasteiger partial charge in [0, 0.05) is 30.6 Å². The van der Waals surface area contributed by atoms with Crippen molar-refractivity contribution in [3.05, 3.63) is 46.7 Å². The highest BCUT2D eigenvalue weighted by molar-refractivity contribution is 6.30. The summed E-state index contributed by atoms with van der Waals surface area (Å²) in [6.45, 7) is 9.35. The fourth-order valence-corrected chi connectivity index (χ4v) is 3.92. The van der Waals surface area contributed by atoms with Gasteiger partial charge in [0.2, 0.25) is 0 Å². The highest BCUT2D eigenvalue weighted by atomic mass is 35.5. The summed E-state index contributed by atoms with van der Waals surface area (Å²) in [6, 6.07) is 7.43. The zero-order valence-electron chi connectivity index (χ0n) is 18.7. The van der Waals surface area contributed by atoms with Crippen molar-refractivity contribution < 1.29 is 14.3 Å². The molecule has 0 spiro atoms. The van der Waals surface area contributed by atoms with Crippen LogP contribution in [0.5, 0.6) is 0 Å². The molecule has 2 amide bonds. The monoisotopic (exact) mass is 446 g/mol. The smallest absolute Gasteiger partial charge is 0.410 e. The van der Waals surface area contributed by atoms with Gasteiger partial charge in [0.15, 0.2) is 0 Å². The Morgan fingerprint density at radius 2 is 1.97 bits per heavy atom. The first-order valence-electron chi connectivity index (χ1n) is 10.8. The largest absolute Gasteiger partial charge is 0.444 e. The maximum absolute atomic E-state index is 12.8. The first kappa shape index (κ1) is 23.1. The van der Waals surface area contributed by atoms with E-state index in [0.717, 1.165) is 30.6 Å². The van der Waals surface area contributed by atoms with Crippen molar-refractivity contribution in [1.29, 1.82) is 0 Å². The van der Waals surface area contributed by atoms with Crippen molar-refractivity contribution in [2.45, 2.75) is 58.5 Å². The van der Waals surface area contributed by atoms with E-state index in [0.29, 0.717) is 30.2 Å². The quantitative estimate of drug-likeness (QED) is 0.717. The predicted octanol–water partition coefficient (Wildman–Crippen LogP) is 4.78. The minimum absolute atomic E-state index is 0.0857. The van der Waals surface area contributed by atoms with E-state index in [1.807, 2.05) is 52.0 Å². The Balaban J connectivity index is 1.86. The Labute approximate surface area is 188 Å². The van der Waals surface area contributed by atoms with Gasteiger partial charge in [-0.2, -0.15) is 5.10 Å². The van der Waals surface area contributed by atoms with E-state index in [9.17, 15) is 9.59 Å². The number of hydrogen-bond acceptors (Lipinski definition) is 4. The van der Waals surface area contributed by atoms with Gasteiger partial charge in [-0.05, 0) is 58.2 Å². The third-order valence-electron chi connectivity index (χ3n) is 5.17. The Hall–Kier alpha value is -2.54. The van der Waals surface area contributed by atoms with E-state index in [1.54, 1.807) is 15.8 Å². The number of aromatic nitrogens is 2. The summed E-state index contributed by atoms with van der Waals surface area (Å²) >= 11 is 6.20. The number of carbonyl (C=O) groups is 2. The summed E-state index contributed by atoms with van der Waals surface area (Å²) in [5.74, 6) is -0.0396. The van der Waals surface area contributed by atoms with Crippen LogP contribution in [0.1, 0.15) is 68.9 Å². The Morgan fingerprint density at radius 3 is 2.58 bits per heavy atom. The van der Waals surface area contributed by atoms with Crippen LogP contribution >= 0.6 is 11.6 Å². The van der Waals surface area contributed by atoms with Crippen molar-refractivity contribution in [2.24, 2.45) is 0 Å². The first-order chi connectivity index (χ1) is 14.7. The summed E-state index contributed by atoms with van der Waals surface area (Å²) in [6.07, 6.45) is 3.63. The van der Waals surface area contributed by atoms with E-state index in [4.69, 9.17) is 16.3 Å². The number of carbonyl (C=O) groups excluding carboxylic acids is 2. The van der Waals surface area contributed by atoms with Crippen molar-refractivity contribution in [1.82, 2.24) is 20.0 Å². The van der Waals surface area contributed by atoms with Crippen LogP contribution in [-0.4, -0.2) is 51.9 Å². The number of piperidine rings is 1. The summed E-state index contributed by atoms with van der Waals surface area (Å²) in [5, 5.41) is 8.09. The van der Waals surface area contributed by atoms with Crippen LogP contribution in [-0.2, 0) is 4.74 Å². The van der Waals surface area contributed by atoms with Crippen LogP contribution in [0.2, 0.25) is 5.02 Å². The van der Waals surface area contributed by atoms with Crippen molar-refractivity contribution >= 4 is 23.6 Å². The molecule has 2 aromatic rings. The second-order valence-corrected chi connectivity index (χ2v) is 9.27. The highest BCUT2D eigenvalue weighted by Crippen LogP contribution is 2.33. The second kappa shape index (κ2) is 9.73. The Kier molecular flexibility index (Phi) is 7.26. The molecule has 8 heteroatoms. The third-order valence-corrected chi connectivity index (χ3v) is 5.41. The molecular weight excluding hydrogens is 416 g/mol. The Morgan fingerprint density at radius 1 is 1.26 bits per heavy atom. The van der Waals surface area contributed by atoms with Crippen molar-refractivity contribution in [3.63, 3.8) is 0 Å². The van der Waals surface area contributed by atoms with Gasteiger partial charge in [0.1, 0.15) is 5.60 Å². The summed E-state index contributed by atoms with van der Waals surface area (Å²) in [4.78, 5) is 27.0. The van der Waals surface area contributed by atoms with Crippen LogP contribution in [0.25, 0.3) is 5.69 Å². The fourth-order valence-electron chi connectivity index (χ4n) is 3.74. The van der Waals surface area contributed by atoms with Crippen LogP contribution in [0.15, 0.2) is 30.5 Å². The molecule has 0 saturated carbocycles. The van der Waals surface area contributed by atoms with Crippen LogP contribution in [0, 0.1) is 0 Å². The van der Waals surface area contributed by atoms with Crippen LogP contribution in [0.3, 0.4) is 0 Å². The molecule has 168 valence electrons. The van der Waals surface area contributed by atoms with Crippen molar-refractivity contribution in [3.8, 4) is 5.69 Å². The molecule has 1 aromatic carbocycles. The molecule has 1 aromatic heterocycles. The number of nitrogens with one attached hydrogen (secondary N) is 1. The number of rotatable bonds is 5. The lowest BCUT2D eigenvalue weighted by atomic mass is 9.91. The van der Waals surface area contributed by atoms with E-state index < -0.39 is 5.60 Å². The SMILES string of the molecule is CCCNC(=O)c1cnn(-c2cccc(Cl)c2)c1C1CCN(C(=O)OC(C)(C)C)CC1. The molecule has 3 rings (SSSR count). The lowest BCUT2D eigenvalue weighted by Gasteiger charge is -2.34. The molecule has 1 saturated heterocycles. The number of nitrogens with zero attached hydrogens (tertiary/aromatic N) is 3. The fraction of sp³-hybridized carbons (Fsp3) is 0.522. The molecule has 0 aliphatic carbocycles. The minimum atomic E-state index is -0.524. The summed E-state index contributed by atoms with van der Waals surface area (Å²) in [5.41, 5.74) is 1.72. The number of benzene rings is 1. The lowest BCUT2D eigenvalue weighted by molar-refractivity contribution is 0.0203. The molecule has 0 bridgehead atoms. The van der Waals surface area contributed by atoms with Crippen molar-refractivity contribution in [2.75, 3.05) is 19.6 Å². The first-order valence-corrected chi connectivity index (χ1v) is 11.2. The standard InChI is InChI=1S/C23H31ClN4O3/c1-5-11-25-21(29)19-15-26-28(18-8-6-7-17(24)14-18)20(19)16-9-12-27(13-10-16)22(30)31-23(2,3)4/h6-8,14-16H,5,9-13H2,1-4H3,(H,25,29). The molecule has 1 aliphatic heterocycles. The molecular formula is C23H31ClN4O3. The average molecular weight is 447 g/mol. The van der Waals surface area contributed by atoms with Gasteiger partial charge in [-0.1, -0.05) is 24.6 Å². The summed E-state index contributed by atoms with van der Waals surface area (Å²) in [7, 11) is 0. The van der Waals surface area contributed by atoms with Gasteiger partial charge in [-0.3, -0.25) is 4.79 Å². The average Bonchev–Trinajstić information content (AvgIpc) is 3.16. The van der Waals surface area contributed by atoms with Gasteiger partial charge >= 0.3 is 6.09 Å². The number of likely N-dealkylation sites (tertiary alicyclic amines) is 1. The molecule has 0 unspecified atom stereocenters. The van der Waals surface area contributed by atoms with Gasteiger partial charge in [-0.15, -0.1) is 0 Å². The molecule has 1 aliphatic rings. The zero-order chi connectivity index (χ0) is 22.6. The topological polar surface area (TPSA) is 76.5 Å². The van der Waals surface area contributed by atoms with E-state index in [2.05, 4.69) is 10.4 Å². The normalized spacial score (nSPS) is 15.1. The molecule has 0 atom stereocenters. The van der Waals surface area contributed by atoms with Gasteiger partial charge in [-0.25, -0.2) is 9.48 Å². The Bertz CT molecular complexity index is 927. The summed E-state index contributed by atoms with van der Waals surface area (Å²) < 4.78 is 7.31. The molecule has 7 nitrogen and oxygen atoms in total. The highest BCUT2D eigenvalue weighted by Gasteiger charge is 2.32. The minimum Gasteiger partial charge on any atom is -0.444 e. The third kappa shape index (κ3) is 5.79. The van der Waals surface area contributed by atoms with E-state index >= 15 is 0 Å². The number of amides is 2.